The summed E-state index contributed by atoms with van der Waals surface area (Å²) in [4.78, 5) is 9.80. The van der Waals surface area contributed by atoms with Gasteiger partial charge < -0.3 is 15.0 Å². The van der Waals surface area contributed by atoms with Gasteiger partial charge in [0, 0.05) is 6.54 Å². The third kappa shape index (κ3) is 2.97. The van der Waals surface area contributed by atoms with E-state index in [1.807, 2.05) is 89.8 Å². The minimum absolute atomic E-state index is 0.149. The van der Waals surface area contributed by atoms with Gasteiger partial charge in [-0.05, 0) is 23.3 Å². The van der Waals surface area contributed by atoms with E-state index in [0.717, 1.165) is 22.2 Å². The van der Waals surface area contributed by atoms with Crippen molar-refractivity contribution >= 4 is 22.4 Å². The van der Waals surface area contributed by atoms with Crippen molar-refractivity contribution in [3.8, 4) is 0 Å². The lowest BCUT2D eigenvalue weighted by atomic mass is 10.0. The van der Waals surface area contributed by atoms with Gasteiger partial charge in [0.2, 0.25) is 0 Å². The van der Waals surface area contributed by atoms with Crippen LogP contribution in [-0.4, -0.2) is 25.8 Å². The number of H-pyrrole nitrogens is 1. The summed E-state index contributed by atoms with van der Waals surface area (Å²) in [5.41, 5.74) is 4.17. The van der Waals surface area contributed by atoms with E-state index < -0.39 is 6.04 Å². The largest absolute Gasteiger partial charge is 0.509 e. The Morgan fingerprint density at radius 2 is 1.55 bits per heavy atom. The molecule has 0 aliphatic carbocycles. The van der Waals surface area contributed by atoms with Gasteiger partial charge in [0.05, 0.1) is 16.6 Å². The third-order valence-electron chi connectivity index (χ3n) is 5.29. The highest BCUT2D eigenvalue weighted by molar-refractivity contribution is 6.23. The molecule has 0 saturated heterocycles. The summed E-state index contributed by atoms with van der Waals surface area (Å²) in [6, 6.07) is 27.1. The maximum Gasteiger partial charge on any atom is 0.145 e. The Kier molecular flexibility index (Phi) is 4.13. The highest BCUT2D eigenvalue weighted by Crippen LogP contribution is 2.41. The molecule has 5 rings (SSSR count). The molecule has 0 radical (unpaired) electrons. The molecule has 29 heavy (non-hydrogen) atoms. The summed E-state index contributed by atoms with van der Waals surface area (Å²) in [6.45, 7) is 0.521. The number of benzene rings is 3. The molecule has 4 aromatic rings. The molecule has 0 unspecified atom stereocenters. The summed E-state index contributed by atoms with van der Waals surface area (Å²) in [5, 5.41) is 20.1. The smallest absolute Gasteiger partial charge is 0.145 e. The number of aromatic nitrogens is 2. The van der Waals surface area contributed by atoms with Crippen molar-refractivity contribution in [2.45, 2.75) is 12.6 Å². The third-order valence-corrected chi connectivity index (χ3v) is 5.29. The van der Waals surface area contributed by atoms with Crippen LogP contribution < -0.4 is 0 Å². The fourth-order valence-corrected chi connectivity index (χ4v) is 3.91. The van der Waals surface area contributed by atoms with Gasteiger partial charge in [0.25, 0.3) is 0 Å². The first-order valence-electron chi connectivity index (χ1n) is 9.55. The van der Waals surface area contributed by atoms with Crippen molar-refractivity contribution in [3.05, 3.63) is 108 Å². The Hall–Kier alpha value is -3.86. The van der Waals surface area contributed by atoms with Gasteiger partial charge in [0.1, 0.15) is 23.5 Å². The van der Waals surface area contributed by atoms with E-state index in [1.54, 1.807) is 0 Å². The summed E-state index contributed by atoms with van der Waals surface area (Å²) in [7, 11) is 0. The minimum atomic E-state index is -0.424. The Morgan fingerprint density at radius 1 is 0.897 bits per heavy atom. The molecule has 3 aromatic carbocycles. The second-order valence-electron chi connectivity index (χ2n) is 7.14. The van der Waals surface area contributed by atoms with Crippen LogP contribution in [0.2, 0.25) is 0 Å². The molecule has 1 atom stereocenters. The lowest BCUT2D eigenvalue weighted by Crippen LogP contribution is -2.29. The number of aromatic amines is 1. The molecule has 2 heterocycles. The molecule has 0 fully saturated rings. The van der Waals surface area contributed by atoms with Crippen LogP contribution in [0.15, 0.2) is 90.7 Å². The number of hydrogen-bond acceptors (Lipinski definition) is 3. The van der Waals surface area contributed by atoms with E-state index in [2.05, 4.69) is 9.97 Å². The van der Waals surface area contributed by atoms with E-state index in [4.69, 9.17) is 5.41 Å². The number of nitrogens with one attached hydrogen (secondary N) is 2. The van der Waals surface area contributed by atoms with E-state index in [-0.39, 0.29) is 11.6 Å². The molecule has 1 aromatic heterocycles. The van der Waals surface area contributed by atoms with Crippen LogP contribution in [0.4, 0.5) is 0 Å². The van der Waals surface area contributed by atoms with Crippen LogP contribution >= 0.6 is 0 Å². The van der Waals surface area contributed by atoms with Gasteiger partial charge >= 0.3 is 0 Å². The second-order valence-corrected chi connectivity index (χ2v) is 7.14. The number of amidine groups is 1. The van der Waals surface area contributed by atoms with Gasteiger partial charge in [-0.15, -0.1) is 0 Å². The zero-order chi connectivity index (χ0) is 19.8. The summed E-state index contributed by atoms with van der Waals surface area (Å²) in [6.07, 6.45) is 0. The number of para-hydroxylation sites is 2. The number of aliphatic hydroxyl groups is 1. The number of nitrogens with zero attached hydrogens (tertiary/aromatic N) is 2. The van der Waals surface area contributed by atoms with Crippen LogP contribution in [0.3, 0.4) is 0 Å². The van der Waals surface area contributed by atoms with E-state index >= 15 is 0 Å². The molecular weight excluding hydrogens is 360 g/mol. The van der Waals surface area contributed by atoms with Crippen LogP contribution in [0.25, 0.3) is 16.6 Å². The van der Waals surface area contributed by atoms with E-state index in [0.29, 0.717) is 17.9 Å². The van der Waals surface area contributed by atoms with Crippen LogP contribution in [0.1, 0.15) is 23.0 Å². The van der Waals surface area contributed by atoms with Crippen molar-refractivity contribution in [2.75, 3.05) is 0 Å². The number of fused-ring (bicyclic) bond motifs is 1. The standard InChI is InChI=1S/C24H20N4O/c25-23-20(24-26-18-13-7-8-14-19(18)27-24)22(29)21(17-11-5-2-6-12-17)28(23)15-16-9-3-1-4-10-16/h1-14,21,25,29H,15H2,(H,26,27)/t21-/m1/s1. The average molecular weight is 380 g/mol. The molecule has 0 bridgehead atoms. The lowest BCUT2D eigenvalue weighted by Gasteiger charge is -2.27. The van der Waals surface area contributed by atoms with E-state index in [9.17, 15) is 5.11 Å². The van der Waals surface area contributed by atoms with Gasteiger partial charge in [-0.1, -0.05) is 72.8 Å². The number of aliphatic hydroxyl groups excluding tert-OH is 1. The maximum atomic E-state index is 11.2. The van der Waals surface area contributed by atoms with Crippen molar-refractivity contribution in [3.63, 3.8) is 0 Å². The Morgan fingerprint density at radius 3 is 2.28 bits per heavy atom. The highest BCUT2D eigenvalue weighted by Gasteiger charge is 2.39. The van der Waals surface area contributed by atoms with Crippen molar-refractivity contribution < 1.29 is 5.11 Å². The molecule has 3 N–H and O–H groups in total. The summed E-state index contributed by atoms with van der Waals surface area (Å²) >= 11 is 0. The molecule has 5 nitrogen and oxygen atoms in total. The SMILES string of the molecule is N=C1C(c2nc3ccccc3[nH]2)=C(O)[C@@H](c2ccccc2)N1Cc1ccccc1. The Bertz CT molecular complexity index is 1180. The molecule has 0 amide bonds. The zero-order valence-corrected chi connectivity index (χ0v) is 15.7. The summed E-state index contributed by atoms with van der Waals surface area (Å²) < 4.78 is 0. The topological polar surface area (TPSA) is 76.0 Å². The van der Waals surface area contributed by atoms with Crippen LogP contribution in [0.5, 0.6) is 0 Å². The Labute approximate surface area is 168 Å². The van der Waals surface area contributed by atoms with Gasteiger partial charge in [0.15, 0.2) is 0 Å². The first-order chi connectivity index (χ1) is 14.2. The van der Waals surface area contributed by atoms with Gasteiger partial charge in [-0.2, -0.15) is 0 Å². The Balaban J connectivity index is 1.62. The average Bonchev–Trinajstić information content (AvgIpc) is 3.28. The monoisotopic (exact) mass is 380 g/mol. The molecule has 5 heteroatoms. The molecule has 1 aliphatic rings. The normalized spacial score (nSPS) is 16.8. The van der Waals surface area contributed by atoms with E-state index in [1.165, 1.54) is 0 Å². The first kappa shape index (κ1) is 17.3. The second kappa shape index (κ2) is 6.95. The van der Waals surface area contributed by atoms with Crippen molar-refractivity contribution in [1.29, 1.82) is 5.41 Å². The van der Waals surface area contributed by atoms with Crippen molar-refractivity contribution in [2.24, 2.45) is 0 Å². The molecule has 1 aliphatic heterocycles. The zero-order valence-electron chi connectivity index (χ0n) is 15.7. The van der Waals surface area contributed by atoms with Crippen LogP contribution in [-0.2, 0) is 6.54 Å². The van der Waals surface area contributed by atoms with Crippen LogP contribution in [0, 0.1) is 5.41 Å². The van der Waals surface area contributed by atoms with Gasteiger partial charge in [-0.25, -0.2) is 4.98 Å². The fourth-order valence-electron chi connectivity index (χ4n) is 3.91. The maximum absolute atomic E-state index is 11.2. The van der Waals surface area contributed by atoms with Gasteiger partial charge in [-0.3, -0.25) is 5.41 Å². The summed E-state index contributed by atoms with van der Waals surface area (Å²) in [5.74, 6) is 0.931. The van der Waals surface area contributed by atoms with Crippen molar-refractivity contribution in [1.82, 2.24) is 14.9 Å². The first-order valence-corrected chi connectivity index (χ1v) is 9.55. The molecule has 0 saturated carbocycles. The highest BCUT2D eigenvalue weighted by atomic mass is 16.3. The lowest BCUT2D eigenvalue weighted by molar-refractivity contribution is 0.270. The number of imidazole rings is 1. The quantitative estimate of drug-likeness (QED) is 0.463. The number of hydrogen-bond donors (Lipinski definition) is 3. The fraction of sp³-hybridized carbons (Fsp3) is 0.0833. The molecule has 0 spiro atoms. The molecule has 142 valence electrons. The predicted octanol–water partition coefficient (Wildman–Crippen LogP) is 5.07. The minimum Gasteiger partial charge on any atom is -0.509 e. The molecular formula is C24H20N4O. The number of rotatable bonds is 4. The predicted molar refractivity (Wildman–Crippen MR) is 115 cm³/mol.